The maximum Gasteiger partial charge on any atom is 0.243 e. The van der Waals surface area contributed by atoms with Crippen LogP contribution in [-0.2, 0) is 35.0 Å². The lowest BCUT2D eigenvalue weighted by Gasteiger charge is -2.34. The average molecular weight is 1680 g/mol. The molecule has 27 heteroatoms. The van der Waals surface area contributed by atoms with E-state index in [9.17, 15) is 34.6 Å². The van der Waals surface area contributed by atoms with Crippen LogP contribution < -0.4 is 60.4 Å². The van der Waals surface area contributed by atoms with Gasteiger partial charge < -0.3 is 53.4 Å². The predicted octanol–water partition coefficient (Wildman–Crippen LogP) is 8.85. The zero-order chi connectivity index (χ0) is 100. The van der Waals surface area contributed by atoms with Crippen molar-refractivity contribution in [3.63, 3.8) is 0 Å². The van der Waals surface area contributed by atoms with Gasteiger partial charge in [-0.1, -0.05) is 77.2 Å². The number of carbonyl (C=O) groups excluding carboxylic acids is 1. The molecule has 0 bridgehead atoms. The second kappa shape index (κ2) is 34.1. The number of anilines is 3. The van der Waals surface area contributed by atoms with Crippen LogP contribution >= 0.6 is 22.6 Å². The normalized spacial score (nSPS) is 23.2. The van der Waals surface area contributed by atoms with E-state index >= 15 is 0 Å². The van der Waals surface area contributed by atoms with E-state index in [1.165, 1.54) is 59.0 Å². The van der Waals surface area contributed by atoms with Crippen LogP contribution in [0.5, 0.6) is 0 Å². The van der Waals surface area contributed by atoms with Gasteiger partial charge in [-0.2, -0.15) is 8.61 Å². The predicted molar refractivity (Wildman–Crippen MR) is 449 cm³/mol. The summed E-state index contributed by atoms with van der Waals surface area (Å²) in [4.78, 5) is 16.9. The van der Waals surface area contributed by atoms with Crippen LogP contribution in [0, 0.1) is 0 Å². The summed E-state index contributed by atoms with van der Waals surface area (Å²) in [6, 6.07) is 50.4. The van der Waals surface area contributed by atoms with Crippen molar-refractivity contribution in [1.82, 2.24) is 43.2 Å². The van der Waals surface area contributed by atoms with E-state index in [0.717, 1.165) is 50.1 Å². The van der Waals surface area contributed by atoms with Gasteiger partial charge in [-0.05, 0) is 72.8 Å². The Balaban J connectivity index is 0.000000171. The van der Waals surface area contributed by atoms with Crippen molar-refractivity contribution in [1.29, 1.82) is 0 Å². The summed E-state index contributed by atoms with van der Waals surface area (Å²) in [5, 5.41) is 9.32. The number of halogens is 1. The van der Waals surface area contributed by atoms with Crippen molar-refractivity contribution < 1.29 is 80.8 Å². The number of nitrogens with zero attached hydrogens (tertiary/aromatic N) is 9. The lowest BCUT2D eigenvalue weighted by molar-refractivity contribution is -0.129. The van der Waals surface area contributed by atoms with Crippen LogP contribution in [0.2, 0.25) is 0 Å². The third-order valence-electron chi connectivity index (χ3n) is 17.6. The molecular weight excluding hydrogens is 1560 g/mol. The largest absolute Gasteiger partial charge is 0.744 e. The maximum absolute atomic E-state index is 14.7. The smallest absolute Gasteiger partial charge is 0.243 e. The lowest BCUT2D eigenvalue weighted by Crippen LogP contribution is -2.50. The Bertz CT molecular complexity index is 7070. The Kier molecular flexibility index (Phi) is 16.8. The van der Waals surface area contributed by atoms with E-state index in [1.807, 2.05) is 174 Å². The number of amides is 1. The minimum Gasteiger partial charge on any atom is -0.744 e. The van der Waals surface area contributed by atoms with Crippen molar-refractivity contribution in [3.05, 3.63) is 198 Å². The third kappa shape index (κ3) is 17.2. The number of nitrogens with one attached hydrogen (secondary N) is 3. The third-order valence-corrected chi connectivity index (χ3v) is 22.3. The molecule has 3 saturated heterocycles. The van der Waals surface area contributed by atoms with Gasteiger partial charge in [-0.15, -0.1) is 0 Å². The van der Waals surface area contributed by atoms with Gasteiger partial charge in [0, 0.05) is 267 Å². The fourth-order valence-electron chi connectivity index (χ4n) is 12.1. The Morgan fingerprint density at radius 3 is 1.05 bits per heavy atom. The molecule has 6 aromatic rings. The van der Waals surface area contributed by atoms with Gasteiger partial charge in [0.15, 0.2) is 0 Å². The Hall–Kier alpha value is -9.40. The molecule has 0 unspecified atom stereocenters. The van der Waals surface area contributed by atoms with Crippen molar-refractivity contribution >= 4 is 109 Å². The number of piperazine rings is 3. The molecule has 576 valence electrons. The van der Waals surface area contributed by atoms with Gasteiger partial charge in [0.25, 0.3) is 0 Å². The minimum absolute atomic E-state index is 0.0204. The zero-order valence-electron chi connectivity index (χ0n) is 85.6. The maximum atomic E-state index is 14.7. The number of benzene rings is 9. The van der Waals surface area contributed by atoms with Crippen LogP contribution in [0.15, 0.2) is 210 Å². The standard InChI is InChI=1S/C29H32IN4O4S.C27H31N4O3S.C23H22N2O4S.C4H10N2/c1-31(2)20-9-11-22-25(17-20)38-26-18-21(32(3)4)10-12-23(26)29(22)24-7-5-6-8-27(24)39(36,37)34-15-13-33(14-16-34)28(35)19-30;1-29(2)19-9-11-21-24(17-19)34-25-18-20(30(3)4)10-12-22(25)27(21)23-7-5-6-8-26(23)35(32,33)31-15-13-28-14-16-31;1-24(2)15-9-11-17-20(13-15)29-21-14-16(25(3)4)10-12-18(21)23(17)19-7-5-6-8-22(19)30(26,27)28;1-2-6-4-3-5-1/h5-12,17-18H,13-16,19H2,1-4H3;5-12,17-18,28H,13-16H2,1-4H3;5-14H,1-4H3;5-6H,1-4H2/q2*+1;;/i2*13D2,14D2,15D2,16D2;;1D2,2D2,3D2,4D2. The number of fused-ring (bicyclic) bond motifs is 6. The molecule has 9 aliphatic rings. The Labute approximate surface area is 691 Å². The van der Waals surface area contributed by atoms with Crippen LogP contribution in [-0.4, -0.2) is 216 Å². The summed E-state index contributed by atoms with van der Waals surface area (Å²) >= 11 is 1.52. The molecule has 1 amide bonds. The quantitative estimate of drug-likeness (QED) is 0.0340. The van der Waals surface area contributed by atoms with E-state index in [1.54, 1.807) is 94.8 Å². The molecule has 6 aromatic carbocycles. The summed E-state index contributed by atoms with van der Waals surface area (Å²) < 4.78 is 310. The van der Waals surface area contributed by atoms with Crippen LogP contribution in [0.3, 0.4) is 0 Å². The second-order valence-corrected chi connectivity index (χ2v) is 31.6. The summed E-state index contributed by atoms with van der Waals surface area (Å²) in [6.07, 6.45) is 0. The first-order valence-corrected chi connectivity index (χ1v) is 39.4. The molecule has 15 rings (SSSR count). The van der Waals surface area contributed by atoms with E-state index < -0.39 is 133 Å². The molecule has 23 nitrogen and oxygen atoms in total. The van der Waals surface area contributed by atoms with Crippen LogP contribution in [0.1, 0.15) is 32.9 Å². The zero-order valence-corrected chi connectivity index (χ0v) is 66.3. The molecule has 0 aromatic heterocycles. The highest BCUT2D eigenvalue weighted by molar-refractivity contribution is 14.1. The molecule has 3 fully saturated rings. The molecular formula is C83H95IN12O11S3+2. The van der Waals surface area contributed by atoms with Gasteiger partial charge in [0.05, 0.1) is 42.8 Å². The van der Waals surface area contributed by atoms with E-state index in [4.69, 9.17) is 46.1 Å². The fraction of sp³-hybridized carbons (Fsp3) is 0.301. The average Bonchev–Trinajstić information content (AvgIpc) is 0.674. The SMILES string of the molecule is CN(C)c1ccc2c(-c3ccccc3S(=O)(=O)[O-])c3ccc(=[N+](C)C)cc-3oc2c1.[2H]C1([2H])N(C(=O)CI)C([2H])([2H])C([2H])([2H])N(S(=O)(=O)c2ccccc2-c2c3ccc(=[N+](C)C)cc-3oc3cc(N(C)C)ccc23)C1([2H])[2H].[2H]C1([2H])NC([2H])([2H])C([2H])([2H])N(S(=O)(=O)c2ccccc2-c2c3ccc(=[N+](C)C)cc-3oc3cc(N(C)C)ccc23)C1([2H])[2H].[2H]C1([2H])NC([2H])([2H])C([2H])([2H])NC1([2H])[2H]. The number of carbonyl (C=O) groups is 1. The highest BCUT2D eigenvalue weighted by atomic mass is 127. The first kappa shape index (κ1) is 54.3. The Morgan fingerprint density at radius 2 is 0.727 bits per heavy atom. The lowest BCUT2D eigenvalue weighted by atomic mass is 9.93. The van der Waals surface area contributed by atoms with Crippen molar-refractivity contribution in [2.24, 2.45) is 0 Å². The number of alkyl halides is 1. The first-order valence-electron chi connectivity index (χ1n) is 45.6. The highest BCUT2D eigenvalue weighted by Crippen LogP contribution is 2.47. The van der Waals surface area contributed by atoms with Crippen molar-refractivity contribution in [2.75, 3.05) is 182 Å². The molecule has 0 spiro atoms. The molecule has 110 heavy (non-hydrogen) atoms. The van der Waals surface area contributed by atoms with Gasteiger partial charge in [-0.3, -0.25) is 4.79 Å². The topological polar surface area (TPSA) is 247 Å². The van der Waals surface area contributed by atoms with Crippen LogP contribution in [0.25, 0.3) is 100 Å². The number of sulfonamides is 2. The summed E-state index contributed by atoms with van der Waals surface area (Å²) in [5.41, 5.74) is 7.64. The van der Waals surface area contributed by atoms with E-state index in [0.29, 0.717) is 78.2 Å². The van der Waals surface area contributed by atoms with Crippen LogP contribution in [0.4, 0.5) is 17.1 Å². The number of rotatable bonds is 12. The molecule has 0 atom stereocenters. The summed E-state index contributed by atoms with van der Waals surface area (Å²) in [5.74, 6) is 0.187. The highest BCUT2D eigenvalue weighted by Gasteiger charge is 2.35. The number of hydrogen-bond donors (Lipinski definition) is 3. The monoisotopic (exact) mass is 1680 g/mol. The fourth-order valence-corrected chi connectivity index (χ4v) is 15.6. The molecule has 0 radical (unpaired) electrons. The summed E-state index contributed by atoms with van der Waals surface area (Å²) in [7, 11) is 7.26. The molecule has 3 aliphatic carbocycles. The number of hydrogen-bond acceptors (Lipinski definition) is 17. The molecule has 6 heterocycles. The second-order valence-electron chi connectivity index (χ2n) is 26.0. The minimum atomic E-state index is -5.42. The van der Waals surface area contributed by atoms with Crippen molar-refractivity contribution in [3.8, 4) is 67.4 Å². The summed E-state index contributed by atoms with van der Waals surface area (Å²) in [6.45, 7) is -39.2. The molecule has 3 N–H and O–H groups in total. The molecule has 0 saturated carbocycles. The van der Waals surface area contributed by atoms with E-state index in [2.05, 4.69) is 0 Å². The molecule has 6 aliphatic heterocycles. The van der Waals surface area contributed by atoms with E-state index in [-0.39, 0.29) is 25.2 Å². The van der Waals surface area contributed by atoms with Gasteiger partial charge >= 0.3 is 0 Å². The van der Waals surface area contributed by atoms with Gasteiger partial charge in [0.1, 0.15) is 86.4 Å². The van der Waals surface area contributed by atoms with Gasteiger partial charge in [-0.25, -0.2) is 39.0 Å². The van der Waals surface area contributed by atoms with Crippen molar-refractivity contribution in [2.45, 2.75) is 14.7 Å². The first-order chi connectivity index (χ1) is 61.4. The Morgan fingerprint density at radius 1 is 0.418 bits per heavy atom. The van der Waals surface area contributed by atoms with Gasteiger partial charge in [0.2, 0.25) is 42.0 Å².